The summed E-state index contributed by atoms with van der Waals surface area (Å²) in [5, 5.41) is 3.27. The highest BCUT2D eigenvalue weighted by atomic mass is 35.5. The van der Waals surface area contributed by atoms with Crippen molar-refractivity contribution in [1.82, 2.24) is 15.2 Å². The van der Waals surface area contributed by atoms with Crippen LogP contribution in [0.3, 0.4) is 0 Å². The zero-order valence-corrected chi connectivity index (χ0v) is 12.2. The van der Waals surface area contributed by atoms with E-state index in [1.807, 2.05) is 24.0 Å². The van der Waals surface area contributed by atoms with Gasteiger partial charge in [0.15, 0.2) is 0 Å². The minimum Gasteiger partial charge on any atom is -0.332 e. The number of hydrogen-bond acceptors (Lipinski definition) is 3. The largest absolute Gasteiger partial charge is 0.332 e. The molecule has 1 aliphatic heterocycles. The van der Waals surface area contributed by atoms with Gasteiger partial charge in [0.05, 0.1) is 0 Å². The summed E-state index contributed by atoms with van der Waals surface area (Å²) in [6, 6.07) is 4.02. The van der Waals surface area contributed by atoms with Gasteiger partial charge in [0.25, 0.3) is 5.91 Å². The number of aromatic nitrogens is 1. The molecule has 0 saturated carbocycles. The quantitative estimate of drug-likeness (QED) is 0.856. The molecule has 2 rings (SSSR count). The molecule has 0 spiro atoms. The fourth-order valence-electron chi connectivity index (χ4n) is 1.99. The van der Waals surface area contributed by atoms with Gasteiger partial charge in [-0.1, -0.05) is 6.07 Å². The van der Waals surface area contributed by atoms with Crippen LogP contribution in [0.5, 0.6) is 0 Å². The molecular formula is C12H19Cl2N3O. The average Bonchev–Trinajstić information content (AvgIpc) is 2.29. The van der Waals surface area contributed by atoms with Gasteiger partial charge in [0.1, 0.15) is 5.69 Å². The van der Waals surface area contributed by atoms with Crippen molar-refractivity contribution >= 4 is 30.7 Å². The van der Waals surface area contributed by atoms with Gasteiger partial charge in [0, 0.05) is 31.9 Å². The Bertz CT molecular complexity index is 401. The summed E-state index contributed by atoms with van der Waals surface area (Å²) in [6.07, 6.45) is 1.67. The summed E-state index contributed by atoms with van der Waals surface area (Å²) in [4.78, 5) is 18.3. The lowest BCUT2D eigenvalue weighted by atomic mass is 10.1. The molecule has 1 aromatic heterocycles. The highest BCUT2D eigenvalue weighted by Gasteiger charge is 2.25. The molecule has 4 nitrogen and oxygen atoms in total. The number of carbonyl (C=O) groups is 1. The minimum absolute atomic E-state index is 0. The van der Waals surface area contributed by atoms with Crippen LogP contribution in [0.25, 0.3) is 0 Å². The summed E-state index contributed by atoms with van der Waals surface area (Å²) in [5.74, 6) is 0.0482. The molecule has 18 heavy (non-hydrogen) atoms. The number of nitrogens with zero attached hydrogens (tertiary/aromatic N) is 2. The molecule has 6 heteroatoms. The van der Waals surface area contributed by atoms with Gasteiger partial charge in [-0.3, -0.25) is 9.78 Å². The summed E-state index contributed by atoms with van der Waals surface area (Å²) in [6.45, 7) is 6.46. The molecule has 0 radical (unpaired) electrons. The SMILES string of the molecule is Cc1cccnc1C(=O)N1CCNCC1C.Cl.Cl. The second kappa shape index (κ2) is 7.56. The molecule has 1 saturated heterocycles. The highest BCUT2D eigenvalue weighted by molar-refractivity contribution is 5.93. The Hall–Kier alpha value is -0.840. The summed E-state index contributed by atoms with van der Waals surface area (Å²) < 4.78 is 0. The number of hydrogen-bond donors (Lipinski definition) is 1. The molecule has 1 unspecified atom stereocenters. The third kappa shape index (κ3) is 3.57. The van der Waals surface area contributed by atoms with Crippen LogP contribution < -0.4 is 5.32 Å². The van der Waals surface area contributed by atoms with E-state index < -0.39 is 0 Å². The van der Waals surface area contributed by atoms with Crippen molar-refractivity contribution in [2.24, 2.45) is 0 Å². The van der Waals surface area contributed by atoms with E-state index in [1.54, 1.807) is 6.20 Å². The summed E-state index contributed by atoms with van der Waals surface area (Å²) >= 11 is 0. The van der Waals surface area contributed by atoms with E-state index in [0.717, 1.165) is 25.2 Å². The van der Waals surface area contributed by atoms with Crippen LogP contribution in [-0.2, 0) is 0 Å². The molecule has 1 fully saturated rings. The molecule has 1 amide bonds. The Labute approximate surface area is 120 Å². The van der Waals surface area contributed by atoms with Crippen LogP contribution in [0, 0.1) is 6.92 Å². The first-order valence-corrected chi connectivity index (χ1v) is 5.63. The molecule has 1 N–H and O–H groups in total. The molecule has 1 atom stereocenters. The van der Waals surface area contributed by atoms with Crippen molar-refractivity contribution in [3.63, 3.8) is 0 Å². The Morgan fingerprint density at radius 2 is 2.22 bits per heavy atom. The van der Waals surface area contributed by atoms with E-state index in [9.17, 15) is 4.79 Å². The van der Waals surface area contributed by atoms with Gasteiger partial charge >= 0.3 is 0 Å². The van der Waals surface area contributed by atoms with Crippen molar-refractivity contribution < 1.29 is 4.79 Å². The van der Waals surface area contributed by atoms with Gasteiger partial charge in [-0.05, 0) is 25.5 Å². The topological polar surface area (TPSA) is 45.2 Å². The lowest BCUT2D eigenvalue weighted by molar-refractivity contribution is 0.0649. The Balaban J connectivity index is 0.00000144. The maximum atomic E-state index is 12.3. The number of piperazine rings is 1. The number of rotatable bonds is 1. The predicted octanol–water partition coefficient (Wildman–Crippen LogP) is 1.67. The third-order valence-electron chi connectivity index (χ3n) is 2.97. The normalized spacial score (nSPS) is 18.6. The molecule has 2 heterocycles. The second-order valence-corrected chi connectivity index (χ2v) is 4.22. The van der Waals surface area contributed by atoms with E-state index in [-0.39, 0.29) is 36.8 Å². The number of nitrogens with one attached hydrogen (secondary N) is 1. The average molecular weight is 292 g/mol. The zero-order valence-electron chi connectivity index (χ0n) is 10.5. The van der Waals surface area contributed by atoms with Gasteiger partial charge in [-0.15, -0.1) is 24.8 Å². The van der Waals surface area contributed by atoms with Crippen LogP contribution in [0.4, 0.5) is 0 Å². The van der Waals surface area contributed by atoms with Crippen LogP contribution in [0.15, 0.2) is 18.3 Å². The van der Waals surface area contributed by atoms with E-state index in [4.69, 9.17) is 0 Å². The zero-order chi connectivity index (χ0) is 11.5. The Kier molecular flexibility index (Phi) is 7.21. The number of carbonyl (C=O) groups excluding carboxylic acids is 1. The molecule has 0 aromatic carbocycles. The predicted molar refractivity (Wildman–Crippen MR) is 76.8 cm³/mol. The standard InChI is InChI=1S/C12H17N3O.2ClH/c1-9-4-3-5-14-11(9)12(16)15-7-6-13-8-10(15)2;;/h3-5,10,13H,6-8H2,1-2H3;2*1H. The highest BCUT2D eigenvalue weighted by Crippen LogP contribution is 2.11. The van der Waals surface area contributed by atoms with Gasteiger partial charge in [-0.2, -0.15) is 0 Å². The van der Waals surface area contributed by atoms with Crippen molar-refractivity contribution in [2.45, 2.75) is 19.9 Å². The molecule has 0 aliphatic carbocycles. The maximum absolute atomic E-state index is 12.3. The van der Waals surface area contributed by atoms with Crippen LogP contribution in [-0.4, -0.2) is 41.5 Å². The molecule has 0 bridgehead atoms. The van der Waals surface area contributed by atoms with Gasteiger partial charge in [-0.25, -0.2) is 0 Å². The fraction of sp³-hybridized carbons (Fsp3) is 0.500. The van der Waals surface area contributed by atoms with E-state index in [2.05, 4.69) is 17.2 Å². The number of aryl methyl sites for hydroxylation is 1. The first kappa shape index (κ1) is 17.2. The molecule has 102 valence electrons. The third-order valence-corrected chi connectivity index (χ3v) is 2.97. The van der Waals surface area contributed by atoms with Crippen LogP contribution in [0.2, 0.25) is 0 Å². The number of pyridine rings is 1. The molecular weight excluding hydrogens is 273 g/mol. The molecule has 1 aromatic rings. The lowest BCUT2D eigenvalue weighted by Gasteiger charge is -2.33. The fourth-order valence-corrected chi connectivity index (χ4v) is 1.99. The van der Waals surface area contributed by atoms with Crippen molar-refractivity contribution in [3.05, 3.63) is 29.6 Å². The first-order valence-electron chi connectivity index (χ1n) is 5.63. The lowest BCUT2D eigenvalue weighted by Crippen LogP contribution is -2.52. The van der Waals surface area contributed by atoms with Crippen LogP contribution >= 0.6 is 24.8 Å². The van der Waals surface area contributed by atoms with Crippen LogP contribution in [0.1, 0.15) is 23.0 Å². The first-order chi connectivity index (χ1) is 7.70. The summed E-state index contributed by atoms with van der Waals surface area (Å²) in [5.41, 5.74) is 1.52. The van der Waals surface area contributed by atoms with Crippen molar-refractivity contribution in [1.29, 1.82) is 0 Å². The molecule has 1 aliphatic rings. The van der Waals surface area contributed by atoms with Crippen molar-refractivity contribution in [2.75, 3.05) is 19.6 Å². The van der Waals surface area contributed by atoms with E-state index in [1.165, 1.54) is 0 Å². The van der Waals surface area contributed by atoms with Gasteiger partial charge in [0.2, 0.25) is 0 Å². The number of amides is 1. The number of halogens is 2. The van der Waals surface area contributed by atoms with Gasteiger partial charge < -0.3 is 10.2 Å². The summed E-state index contributed by atoms with van der Waals surface area (Å²) in [7, 11) is 0. The van der Waals surface area contributed by atoms with E-state index >= 15 is 0 Å². The smallest absolute Gasteiger partial charge is 0.273 e. The van der Waals surface area contributed by atoms with E-state index in [0.29, 0.717) is 5.69 Å². The Morgan fingerprint density at radius 1 is 1.50 bits per heavy atom. The van der Waals surface area contributed by atoms with Crippen molar-refractivity contribution in [3.8, 4) is 0 Å². The second-order valence-electron chi connectivity index (χ2n) is 4.22. The monoisotopic (exact) mass is 291 g/mol. The Morgan fingerprint density at radius 3 is 2.83 bits per heavy atom. The maximum Gasteiger partial charge on any atom is 0.273 e. The minimum atomic E-state index is 0.